The molecule has 0 amide bonds. The second-order valence-electron chi connectivity index (χ2n) is 5.05. The van der Waals surface area contributed by atoms with Gasteiger partial charge in [-0.3, -0.25) is 0 Å². The van der Waals surface area contributed by atoms with Gasteiger partial charge in [-0.2, -0.15) is 0 Å². The summed E-state index contributed by atoms with van der Waals surface area (Å²) in [7, 11) is 0. The SMILES string of the molecule is CCCNC(CC)c1nnn(-c2ccccc2F)c1CC. The quantitative estimate of drug-likeness (QED) is 0.849. The lowest BCUT2D eigenvalue weighted by Gasteiger charge is -2.16. The minimum atomic E-state index is -0.279. The molecule has 114 valence electrons. The van der Waals surface area contributed by atoms with Crippen molar-refractivity contribution < 1.29 is 4.39 Å². The van der Waals surface area contributed by atoms with Crippen molar-refractivity contribution in [1.29, 1.82) is 0 Å². The predicted octanol–water partition coefficient (Wildman–Crippen LogP) is 3.42. The van der Waals surface area contributed by atoms with Crippen LogP contribution in [0.2, 0.25) is 0 Å². The Morgan fingerprint density at radius 3 is 2.62 bits per heavy atom. The van der Waals surface area contributed by atoms with Crippen LogP contribution in [0.15, 0.2) is 24.3 Å². The van der Waals surface area contributed by atoms with Crippen LogP contribution in [0.5, 0.6) is 0 Å². The summed E-state index contributed by atoms with van der Waals surface area (Å²) in [5.74, 6) is -0.279. The second kappa shape index (κ2) is 7.31. The summed E-state index contributed by atoms with van der Waals surface area (Å²) in [6.07, 6.45) is 2.77. The standard InChI is InChI=1S/C16H23FN4/c1-4-11-18-13(5-2)16-14(6-3)21(20-19-16)15-10-8-7-9-12(15)17/h7-10,13,18H,4-6,11H2,1-3H3. The van der Waals surface area contributed by atoms with Gasteiger partial charge in [-0.05, 0) is 37.9 Å². The Balaban J connectivity index is 2.40. The van der Waals surface area contributed by atoms with E-state index in [1.165, 1.54) is 6.07 Å². The van der Waals surface area contributed by atoms with Crippen molar-refractivity contribution in [1.82, 2.24) is 20.3 Å². The van der Waals surface area contributed by atoms with E-state index in [0.717, 1.165) is 37.2 Å². The van der Waals surface area contributed by atoms with E-state index in [1.54, 1.807) is 16.8 Å². The van der Waals surface area contributed by atoms with Crippen LogP contribution in [0.25, 0.3) is 5.69 Å². The van der Waals surface area contributed by atoms with Gasteiger partial charge in [0.15, 0.2) is 0 Å². The van der Waals surface area contributed by atoms with Crippen molar-refractivity contribution in [3.8, 4) is 5.69 Å². The second-order valence-corrected chi connectivity index (χ2v) is 5.05. The van der Waals surface area contributed by atoms with Gasteiger partial charge in [-0.1, -0.05) is 38.1 Å². The Labute approximate surface area is 125 Å². The minimum absolute atomic E-state index is 0.167. The zero-order valence-electron chi connectivity index (χ0n) is 12.9. The molecule has 0 saturated carbocycles. The van der Waals surface area contributed by atoms with Crippen LogP contribution in [0, 0.1) is 5.82 Å². The van der Waals surface area contributed by atoms with Gasteiger partial charge in [-0.25, -0.2) is 9.07 Å². The molecule has 1 N–H and O–H groups in total. The number of para-hydroxylation sites is 1. The highest BCUT2D eigenvalue weighted by Gasteiger charge is 2.20. The molecule has 1 unspecified atom stereocenters. The largest absolute Gasteiger partial charge is 0.309 e. The van der Waals surface area contributed by atoms with Crippen molar-refractivity contribution in [3.63, 3.8) is 0 Å². The highest BCUT2D eigenvalue weighted by molar-refractivity contribution is 5.35. The van der Waals surface area contributed by atoms with E-state index in [9.17, 15) is 4.39 Å². The number of rotatable bonds is 7. The van der Waals surface area contributed by atoms with Gasteiger partial charge < -0.3 is 5.32 Å². The topological polar surface area (TPSA) is 42.7 Å². The Morgan fingerprint density at radius 1 is 1.24 bits per heavy atom. The molecule has 4 nitrogen and oxygen atoms in total. The molecule has 1 heterocycles. The van der Waals surface area contributed by atoms with Crippen LogP contribution in [-0.2, 0) is 6.42 Å². The summed E-state index contributed by atoms with van der Waals surface area (Å²) >= 11 is 0. The molecule has 0 bridgehead atoms. The van der Waals surface area contributed by atoms with Crippen LogP contribution >= 0.6 is 0 Å². The lowest BCUT2D eigenvalue weighted by Crippen LogP contribution is -2.23. The first-order chi connectivity index (χ1) is 10.2. The summed E-state index contributed by atoms with van der Waals surface area (Å²) in [5, 5.41) is 12.0. The molecule has 2 rings (SSSR count). The lowest BCUT2D eigenvalue weighted by molar-refractivity contribution is 0.503. The van der Waals surface area contributed by atoms with Crippen molar-refractivity contribution in [2.75, 3.05) is 6.54 Å². The van der Waals surface area contributed by atoms with Crippen molar-refractivity contribution >= 4 is 0 Å². The van der Waals surface area contributed by atoms with Gasteiger partial charge >= 0.3 is 0 Å². The predicted molar refractivity (Wildman–Crippen MR) is 82.0 cm³/mol. The number of hydrogen-bond donors (Lipinski definition) is 1. The molecule has 0 aliphatic rings. The van der Waals surface area contributed by atoms with E-state index in [4.69, 9.17) is 0 Å². The van der Waals surface area contributed by atoms with Crippen LogP contribution in [0.4, 0.5) is 4.39 Å². The van der Waals surface area contributed by atoms with E-state index >= 15 is 0 Å². The normalized spacial score (nSPS) is 12.6. The van der Waals surface area contributed by atoms with Gasteiger partial charge in [0.2, 0.25) is 0 Å². The third-order valence-corrected chi connectivity index (χ3v) is 3.59. The summed E-state index contributed by atoms with van der Waals surface area (Å²) in [6, 6.07) is 6.84. The zero-order valence-corrected chi connectivity index (χ0v) is 12.9. The molecule has 5 heteroatoms. The van der Waals surface area contributed by atoms with E-state index in [2.05, 4.69) is 29.5 Å². The van der Waals surface area contributed by atoms with E-state index in [1.807, 2.05) is 13.0 Å². The molecule has 1 aromatic heterocycles. The number of nitrogens with zero attached hydrogens (tertiary/aromatic N) is 3. The third kappa shape index (κ3) is 3.29. The Bertz CT molecular complexity index is 579. The molecule has 1 aromatic carbocycles. The molecular weight excluding hydrogens is 267 g/mol. The van der Waals surface area contributed by atoms with Gasteiger partial charge in [0.25, 0.3) is 0 Å². The van der Waals surface area contributed by atoms with Crippen LogP contribution in [0.3, 0.4) is 0 Å². The Hall–Kier alpha value is -1.75. The Morgan fingerprint density at radius 2 is 2.00 bits per heavy atom. The zero-order chi connectivity index (χ0) is 15.2. The fourth-order valence-corrected chi connectivity index (χ4v) is 2.48. The molecular formula is C16H23FN4. The number of benzene rings is 1. The molecule has 0 aliphatic heterocycles. The number of hydrogen-bond acceptors (Lipinski definition) is 3. The molecule has 0 fully saturated rings. The van der Waals surface area contributed by atoms with Gasteiger partial charge in [0.05, 0.1) is 11.7 Å². The smallest absolute Gasteiger partial charge is 0.148 e. The average molecular weight is 290 g/mol. The molecule has 2 aromatic rings. The van der Waals surface area contributed by atoms with Crippen molar-refractivity contribution in [3.05, 3.63) is 41.5 Å². The van der Waals surface area contributed by atoms with E-state index in [-0.39, 0.29) is 11.9 Å². The molecule has 0 spiro atoms. The third-order valence-electron chi connectivity index (χ3n) is 3.59. The van der Waals surface area contributed by atoms with Crippen LogP contribution < -0.4 is 5.32 Å². The molecule has 0 radical (unpaired) electrons. The lowest BCUT2D eigenvalue weighted by atomic mass is 10.1. The van der Waals surface area contributed by atoms with Crippen LogP contribution in [-0.4, -0.2) is 21.5 Å². The first-order valence-electron chi connectivity index (χ1n) is 7.65. The van der Waals surface area contributed by atoms with Crippen molar-refractivity contribution in [2.24, 2.45) is 0 Å². The van der Waals surface area contributed by atoms with Gasteiger partial charge in [0, 0.05) is 0 Å². The monoisotopic (exact) mass is 290 g/mol. The van der Waals surface area contributed by atoms with Gasteiger partial charge in [-0.15, -0.1) is 5.10 Å². The maximum Gasteiger partial charge on any atom is 0.148 e. The van der Waals surface area contributed by atoms with Crippen molar-refractivity contribution in [2.45, 2.75) is 46.1 Å². The number of halogens is 1. The van der Waals surface area contributed by atoms with Crippen LogP contribution in [0.1, 0.15) is 51.0 Å². The highest BCUT2D eigenvalue weighted by atomic mass is 19.1. The summed E-state index contributed by atoms with van der Waals surface area (Å²) in [6.45, 7) is 7.24. The summed E-state index contributed by atoms with van der Waals surface area (Å²) < 4.78 is 15.6. The fraction of sp³-hybridized carbons (Fsp3) is 0.500. The maximum absolute atomic E-state index is 14.0. The Kier molecular flexibility index (Phi) is 5.44. The summed E-state index contributed by atoms with van der Waals surface area (Å²) in [5.41, 5.74) is 2.35. The average Bonchev–Trinajstić information content (AvgIpc) is 2.92. The number of aromatic nitrogens is 3. The first kappa shape index (κ1) is 15.6. The highest BCUT2D eigenvalue weighted by Crippen LogP contribution is 2.22. The summed E-state index contributed by atoms with van der Waals surface area (Å²) in [4.78, 5) is 0. The maximum atomic E-state index is 14.0. The molecule has 21 heavy (non-hydrogen) atoms. The van der Waals surface area contributed by atoms with Gasteiger partial charge in [0.1, 0.15) is 17.2 Å². The van der Waals surface area contributed by atoms with E-state index in [0.29, 0.717) is 5.69 Å². The fourth-order valence-electron chi connectivity index (χ4n) is 2.48. The molecule has 0 aliphatic carbocycles. The molecule has 1 atom stereocenters. The van der Waals surface area contributed by atoms with E-state index < -0.39 is 0 Å². The minimum Gasteiger partial charge on any atom is -0.309 e. The molecule has 0 saturated heterocycles. The number of nitrogens with one attached hydrogen (secondary N) is 1. The first-order valence-corrected chi connectivity index (χ1v) is 7.65.